The van der Waals surface area contributed by atoms with Crippen molar-refractivity contribution in [1.29, 1.82) is 0 Å². The lowest BCUT2D eigenvalue weighted by atomic mass is 9.73. The average molecular weight is 303 g/mol. The van der Waals surface area contributed by atoms with E-state index in [-0.39, 0.29) is 11.5 Å². The van der Waals surface area contributed by atoms with Crippen LogP contribution in [0.2, 0.25) is 0 Å². The fourth-order valence-corrected chi connectivity index (χ4v) is 4.34. The molecular weight excluding hydrogens is 274 g/mol. The van der Waals surface area contributed by atoms with E-state index < -0.39 is 0 Å². The second-order valence-electron chi connectivity index (χ2n) is 7.36. The van der Waals surface area contributed by atoms with E-state index in [1.165, 1.54) is 43.6 Å². The van der Waals surface area contributed by atoms with Gasteiger partial charge in [0.05, 0.1) is 13.2 Å². The molecule has 0 N–H and O–H groups in total. The predicted octanol–water partition coefficient (Wildman–Crippen LogP) is 3.78. The molecule has 1 aliphatic heterocycles. The van der Waals surface area contributed by atoms with Crippen LogP contribution in [0.1, 0.15) is 50.3 Å². The lowest BCUT2D eigenvalue weighted by Gasteiger charge is -2.41. The zero-order valence-corrected chi connectivity index (χ0v) is 14.4. The highest BCUT2D eigenvalue weighted by atomic mass is 16.5. The van der Waals surface area contributed by atoms with Crippen molar-refractivity contribution >= 4 is 0 Å². The second-order valence-corrected chi connectivity index (χ2v) is 7.36. The van der Waals surface area contributed by atoms with E-state index in [4.69, 9.17) is 9.47 Å². The number of likely N-dealkylation sites (tertiary alicyclic amines) is 1. The molecule has 0 radical (unpaired) electrons. The summed E-state index contributed by atoms with van der Waals surface area (Å²) in [7, 11) is 3.59. The molecule has 0 saturated carbocycles. The third kappa shape index (κ3) is 2.77. The van der Waals surface area contributed by atoms with E-state index in [0.29, 0.717) is 0 Å². The standard InChI is InChI=1S/C19H29NO2/c1-14(2)13-20-9-7-19(8-10-20)12-18(22-4)16-6-5-15(21-3)11-17(16)19/h5-6,11,14,18H,7-10,12-13H2,1-4H3. The Balaban J connectivity index is 1.84. The van der Waals surface area contributed by atoms with E-state index in [0.717, 1.165) is 18.1 Å². The number of ether oxygens (including phenoxy) is 2. The molecule has 1 aliphatic carbocycles. The summed E-state index contributed by atoms with van der Waals surface area (Å²) in [6.45, 7) is 8.23. The van der Waals surface area contributed by atoms with Gasteiger partial charge in [-0.25, -0.2) is 0 Å². The first-order valence-electron chi connectivity index (χ1n) is 8.51. The van der Waals surface area contributed by atoms with E-state index in [1.807, 2.05) is 7.11 Å². The van der Waals surface area contributed by atoms with Gasteiger partial charge in [0.1, 0.15) is 5.75 Å². The summed E-state index contributed by atoms with van der Waals surface area (Å²) in [5.74, 6) is 1.72. The minimum Gasteiger partial charge on any atom is -0.497 e. The van der Waals surface area contributed by atoms with Crippen LogP contribution in [-0.4, -0.2) is 38.8 Å². The molecule has 22 heavy (non-hydrogen) atoms. The molecule has 0 amide bonds. The molecule has 1 fully saturated rings. The average Bonchev–Trinajstić information content (AvgIpc) is 2.83. The van der Waals surface area contributed by atoms with E-state index >= 15 is 0 Å². The Morgan fingerprint density at radius 3 is 2.55 bits per heavy atom. The molecule has 1 unspecified atom stereocenters. The molecule has 1 aromatic carbocycles. The fraction of sp³-hybridized carbons (Fsp3) is 0.684. The first-order valence-corrected chi connectivity index (χ1v) is 8.51. The van der Waals surface area contributed by atoms with Crippen molar-refractivity contribution in [2.45, 2.75) is 44.6 Å². The van der Waals surface area contributed by atoms with Gasteiger partial charge < -0.3 is 14.4 Å². The van der Waals surface area contributed by atoms with Crippen LogP contribution < -0.4 is 4.74 Å². The maximum atomic E-state index is 5.78. The summed E-state index contributed by atoms with van der Waals surface area (Å²) in [5, 5.41) is 0. The number of hydrogen-bond acceptors (Lipinski definition) is 3. The van der Waals surface area contributed by atoms with Gasteiger partial charge in [0.25, 0.3) is 0 Å². The number of rotatable bonds is 4. The molecule has 3 heteroatoms. The van der Waals surface area contributed by atoms with E-state index in [9.17, 15) is 0 Å². The van der Waals surface area contributed by atoms with Crippen molar-refractivity contribution in [2.75, 3.05) is 33.9 Å². The van der Waals surface area contributed by atoms with Gasteiger partial charge in [-0.1, -0.05) is 19.9 Å². The van der Waals surface area contributed by atoms with Crippen LogP contribution in [0.4, 0.5) is 0 Å². The third-order valence-electron chi connectivity index (χ3n) is 5.48. The molecule has 1 spiro atoms. The summed E-state index contributed by atoms with van der Waals surface area (Å²) in [4.78, 5) is 2.62. The van der Waals surface area contributed by atoms with Crippen molar-refractivity contribution in [3.05, 3.63) is 29.3 Å². The van der Waals surface area contributed by atoms with Crippen LogP contribution in [0.5, 0.6) is 5.75 Å². The lowest BCUT2D eigenvalue weighted by molar-refractivity contribution is 0.0680. The lowest BCUT2D eigenvalue weighted by Crippen LogP contribution is -2.43. The maximum Gasteiger partial charge on any atom is 0.119 e. The van der Waals surface area contributed by atoms with Crippen LogP contribution in [0.25, 0.3) is 0 Å². The van der Waals surface area contributed by atoms with Gasteiger partial charge in [-0.3, -0.25) is 0 Å². The molecule has 1 heterocycles. The molecule has 1 aromatic rings. The summed E-state index contributed by atoms with van der Waals surface area (Å²) in [5.41, 5.74) is 3.14. The molecule has 1 saturated heterocycles. The van der Waals surface area contributed by atoms with Crippen LogP contribution in [0.3, 0.4) is 0 Å². The smallest absolute Gasteiger partial charge is 0.119 e. The molecule has 0 bridgehead atoms. The van der Waals surface area contributed by atoms with Crippen LogP contribution in [0.15, 0.2) is 18.2 Å². The summed E-state index contributed by atoms with van der Waals surface area (Å²) in [6, 6.07) is 6.53. The minimum absolute atomic E-state index is 0.248. The summed E-state index contributed by atoms with van der Waals surface area (Å²) >= 11 is 0. The van der Waals surface area contributed by atoms with Crippen molar-refractivity contribution in [3.8, 4) is 5.75 Å². The summed E-state index contributed by atoms with van der Waals surface area (Å²) < 4.78 is 11.2. The van der Waals surface area contributed by atoms with Crippen molar-refractivity contribution in [2.24, 2.45) is 5.92 Å². The monoisotopic (exact) mass is 303 g/mol. The Morgan fingerprint density at radius 1 is 1.23 bits per heavy atom. The fourth-order valence-electron chi connectivity index (χ4n) is 4.34. The quantitative estimate of drug-likeness (QED) is 0.845. The van der Waals surface area contributed by atoms with Gasteiger partial charge in [0.15, 0.2) is 0 Å². The Morgan fingerprint density at radius 2 is 1.95 bits per heavy atom. The maximum absolute atomic E-state index is 5.78. The second kappa shape index (κ2) is 6.21. The number of hydrogen-bond donors (Lipinski definition) is 0. The normalized spacial score (nSPS) is 24.0. The summed E-state index contributed by atoms with van der Waals surface area (Å²) in [6.07, 6.45) is 3.85. The van der Waals surface area contributed by atoms with E-state index in [1.54, 1.807) is 7.11 Å². The Kier molecular flexibility index (Phi) is 4.47. The zero-order chi connectivity index (χ0) is 15.7. The minimum atomic E-state index is 0.248. The van der Waals surface area contributed by atoms with Gasteiger partial charge in [0.2, 0.25) is 0 Å². The van der Waals surface area contributed by atoms with Crippen LogP contribution in [-0.2, 0) is 10.2 Å². The third-order valence-corrected chi connectivity index (χ3v) is 5.48. The number of methoxy groups -OCH3 is 2. The van der Waals surface area contributed by atoms with Gasteiger partial charge in [-0.2, -0.15) is 0 Å². The van der Waals surface area contributed by atoms with Crippen LogP contribution >= 0.6 is 0 Å². The Bertz CT molecular complexity index is 518. The first-order chi connectivity index (χ1) is 10.6. The topological polar surface area (TPSA) is 21.7 Å². The van der Waals surface area contributed by atoms with Crippen molar-refractivity contribution < 1.29 is 9.47 Å². The number of benzene rings is 1. The molecular formula is C19H29NO2. The van der Waals surface area contributed by atoms with Crippen LogP contribution in [0, 0.1) is 5.92 Å². The molecule has 3 nitrogen and oxygen atoms in total. The first kappa shape index (κ1) is 15.8. The Hall–Kier alpha value is -1.06. The van der Waals surface area contributed by atoms with Gasteiger partial charge in [0, 0.05) is 19.1 Å². The molecule has 1 atom stereocenters. The molecule has 122 valence electrons. The Labute approximate surface area is 134 Å². The largest absolute Gasteiger partial charge is 0.497 e. The van der Waals surface area contributed by atoms with Gasteiger partial charge in [-0.05, 0) is 61.5 Å². The highest BCUT2D eigenvalue weighted by Crippen LogP contribution is 2.52. The van der Waals surface area contributed by atoms with Crippen molar-refractivity contribution in [1.82, 2.24) is 4.90 Å². The predicted molar refractivity (Wildman–Crippen MR) is 89.6 cm³/mol. The van der Waals surface area contributed by atoms with Crippen molar-refractivity contribution in [3.63, 3.8) is 0 Å². The highest BCUT2D eigenvalue weighted by molar-refractivity contribution is 5.46. The highest BCUT2D eigenvalue weighted by Gasteiger charge is 2.45. The molecule has 0 aromatic heterocycles. The van der Waals surface area contributed by atoms with E-state index in [2.05, 4.69) is 36.9 Å². The zero-order valence-electron chi connectivity index (χ0n) is 14.4. The molecule has 3 rings (SSSR count). The number of fused-ring (bicyclic) bond motifs is 2. The van der Waals surface area contributed by atoms with Gasteiger partial charge >= 0.3 is 0 Å². The van der Waals surface area contributed by atoms with Gasteiger partial charge in [-0.15, -0.1) is 0 Å². The SMILES string of the molecule is COc1ccc2c(c1)C1(CCN(CC(C)C)CC1)CC2OC. The molecule has 2 aliphatic rings. The number of piperidine rings is 1. The number of nitrogens with zero attached hydrogens (tertiary/aromatic N) is 1.